The molecule has 34 heavy (non-hydrogen) atoms. The summed E-state index contributed by atoms with van der Waals surface area (Å²) in [6, 6.07) is 18.3. The van der Waals surface area contributed by atoms with Gasteiger partial charge in [0.05, 0.1) is 36.6 Å². The van der Waals surface area contributed by atoms with E-state index in [0.717, 1.165) is 16.8 Å². The van der Waals surface area contributed by atoms with E-state index in [9.17, 15) is 9.59 Å². The molecule has 0 aliphatic carbocycles. The van der Waals surface area contributed by atoms with Gasteiger partial charge in [0, 0.05) is 11.8 Å². The number of carbonyl (C=O) groups is 1. The number of rotatable bonds is 7. The van der Waals surface area contributed by atoms with Gasteiger partial charge >= 0.3 is 0 Å². The summed E-state index contributed by atoms with van der Waals surface area (Å²) in [5.41, 5.74) is 3.82. The van der Waals surface area contributed by atoms with Crippen molar-refractivity contribution in [1.29, 1.82) is 0 Å². The number of ether oxygens (including phenoxy) is 2. The van der Waals surface area contributed by atoms with Gasteiger partial charge in [-0.1, -0.05) is 41.6 Å². The Hall–Kier alpha value is -3.78. The minimum Gasteiger partial charge on any atom is -0.493 e. The standard InChI is InChI=1S/C26H25N3O4S/c1-16-9-11-21(17(2)13-16)29-25(31)19-7-5-6-8-20(19)28-26(29)34-15-24(30)27-18-10-12-22(32-3)23(14-18)33-4/h5-14H,15H2,1-4H3,(H,27,30). The van der Waals surface area contributed by atoms with E-state index in [1.165, 1.54) is 18.9 Å². The van der Waals surface area contributed by atoms with Gasteiger partial charge in [-0.05, 0) is 49.7 Å². The highest BCUT2D eigenvalue weighted by atomic mass is 32.2. The summed E-state index contributed by atoms with van der Waals surface area (Å²) in [4.78, 5) is 30.9. The summed E-state index contributed by atoms with van der Waals surface area (Å²) < 4.78 is 12.1. The molecule has 1 aromatic heterocycles. The van der Waals surface area contributed by atoms with E-state index in [2.05, 4.69) is 5.32 Å². The van der Waals surface area contributed by atoms with Crippen LogP contribution in [0.2, 0.25) is 0 Å². The maximum absolute atomic E-state index is 13.4. The lowest BCUT2D eigenvalue weighted by atomic mass is 10.1. The Balaban J connectivity index is 1.65. The number of nitrogens with zero attached hydrogens (tertiary/aromatic N) is 2. The smallest absolute Gasteiger partial charge is 0.266 e. The Kier molecular flexibility index (Phi) is 6.88. The molecule has 174 valence electrons. The second-order valence-electron chi connectivity index (χ2n) is 7.75. The molecule has 0 bridgehead atoms. The molecular weight excluding hydrogens is 450 g/mol. The normalized spacial score (nSPS) is 10.8. The monoisotopic (exact) mass is 475 g/mol. The quantitative estimate of drug-likeness (QED) is 0.307. The topological polar surface area (TPSA) is 82.5 Å². The van der Waals surface area contributed by atoms with E-state index < -0.39 is 0 Å². The fraction of sp³-hybridized carbons (Fsp3) is 0.192. The van der Waals surface area contributed by atoms with E-state index in [1.807, 2.05) is 44.2 Å². The number of thioether (sulfide) groups is 1. The lowest BCUT2D eigenvalue weighted by Gasteiger charge is -2.15. The lowest BCUT2D eigenvalue weighted by molar-refractivity contribution is -0.113. The fourth-order valence-electron chi connectivity index (χ4n) is 3.72. The summed E-state index contributed by atoms with van der Waals surface area (Å²) in [6.07, 6.45) is 0. The highest BCUT2D eigenvalue weighted by Crippen LogP contribution is 2.30. The van der Waals surface area contributed by atoms with Crippen LogP contribution < -0.4 is 20.3 Å². The van der Waals surface area contributed by atoms with Crippen molar-refractivity contribution in [1.82, 2.24) is 9.55 Å². The van der Waals surface area contributed by atoms with Crippen molar-refractivity contribution in [2.24, 2.45) is 0 Å². The summed E-state index contributed by atoms with van der Waals surface area (Å²) in [5, 5.41) is 3.84. The molecule has 3 aromatic carbocycles. The molecule has 1 heterocycles. The van der Waals surface area contributed by atoms with Gasteiger partial charge in [0.25, 0.3) is 5.56 Å². The predicted molar refractivity (Wildman–Crippen MR) is 136 cm³/mol. The van der Waals surface area contributed by atoms with Crippen molar-refractivity contribution in [2.75, 3.05) is 25.3 Å². The van der Waals surface area contributed by atoms with Crippen LogP contribution in [0, 0.1) is 13.8 Å². The molecule has 7 nitrogen and oxygen atoms in total. The number of amides is 1. The molecule has 0 unspecified atom stereocenters. The zero-order valence-corrected chi connectivity index (χ0v) is 20.2. The van der Waals surface area contributed by atoms with Crippen LogP contribution >= 0.6 is 11.8 Å². The SMILES string of the molecule is COc1ccc(NC(=O)CSc2nc3ccccc3c(=O)n2-c2ccc(C)cc2C)cc1OC. The van der Waals surface area contributed by atoms with E-state index in [1.54, 1.807) is 42.0 Å². The molecule has 1 N–H and O–H groups in total. The van der Waals surface area contributed by atoms with Gasteiger partial charge in [0.2, 0.25) is 5.91 Å². The van der Waals surface area contributed by atoms with Crippen molar-refractivity contribution in [2.45, 2.75) is 19.0 Å². The molecule has 4 aromatic rings. The largest absolute Gasteiger partial charge is 0.493 e. The summed E-state index contributed by atoms with van der Waals surface area (Å²) in [6.45, 7) is 3.97. The Morgan fingerprint density at radius 1 is 1.00 bits per heavy atom. The van der Waals surface area contributed by atoms with Crippen LogP contribution in [0.1, 0.15) is 11.1 Å². The van der Waals surface area contributed by atoms with E-state index in [-0.39, 0.29) is 17.2 Å². The first kappa shape index (κ1) is 23.4. The van der Waals surface area contributed by atoms with Gasteiger partial charge in [-0.3, -0.25) is 14.2 Å². The summed E-state index contributed by atoms with van der Waals surface area (Å²) >= 11 is 1.21. The molecule has 0 aliphatic heterocycles. The average Bonchev–Trinajstić information content (AvgIpc) is 2.83. The van der Waals surface area contributed by atoms with Crippen LogP contribution in [0.5, 0.6) is 11.5 Å². The number of fused-ring (bicyclic) bond motifs is 1. The maximum atomic E-state index is 13.4. The third kappa shape index (κ3) is 4.77. The molecule has 0 aliphatic rings. The van der Waals surface area contributed by atoms with Crippen LogP contribution in [0.3, 0.4) is 0 Å². The molecule has 4 rings (SSSR count). The van der Waals surface area contributed by atoms with E-state index in [0.29, 0.717) is 33.2 Å². The van der Waals surface area contributed by atoms with Crippen LogP contribution in [-0.2, 0) is 4.79 Å². The highest BCUT2D eigenvalue weighted by molar-refractivity contribution is 7.99. The number of aromatic nitrogens is 2. The van der Waals surface area contributed by atoms with E-state index >= 15 is 0 Å². The molecule has 0 radical (unpaired) electrons. The van der Waals surface area contributed by atoms with Gasteiger partial charge < -0.3 is 14.8 Å². The molecule has 8 heteroatoms. The Morgan fingerprint density at radius 2 is 1.76 bits per heavy atom. The fourth-order valence-corrected chi connectivity index (χ4v) is 4.52. The lowest BCUT2D eigenvalue weighted by Crippen LogP contribution is -2.23. The third-order valence-electron chi connectivity index (χ3n) is 5.34. The number of nitrogens with one attached hydrogen (secondary N) is 1. The highest BCUT2D eigenvalue weighted by Gasteiger charge is 2.16. The molecular formula is C26H25N3O4S. The molecule has 0 saturated heterocycles. The van der Waals surface area contributed by atoms with Crippen LogP contribution in [0.4, 0.5) is 5.69 Å². The number of aryl methyl sites for hydroxylation is 2. The molecule has 0 spiro atoms. The van der Waals surface area contributed by atoms with Gasteiger partial charge in [-0.2, -0.15) is 0 Å². The van der Waals surface area contributed by atoms with Crippen LogP contribution in [0.15, 0.2) is 70.6 Å². The second kappa shape index (κ2) is 10.0. The number of hydrogen-bond acceptors (Lipinski definition) is 6. The first-order valence-corrected chi connectivity index (χ1v) is 11.6. The first-order valence-electron chi connectivity index (χ1n) is 10.7. The molecule has 0 fully saturated rings. The Morgan fingerprint density at radius 3 is 2.50 bits per heavy atom. The van der Waals surface area contributed by atoms with Crippen molar-refractivity contribution in [3.05, 3.63) is 82.1 Å². The van der Waals surface area contributed by atoms with Crippen LogP contribution in [0.25, 0.3) is 16.6 Å². The molecule has 0 saturated carbocycles. The minimum atomic E-state index is -0.230. The Bertz CT molecular complexity index is 1430. The predicted octanol–water partition coefficient (Wildman–Crippen LogP) is 4.75. The number of anilines is 1. The first-order chi connectivity index (χ1) is 16.4. The number of para-hydroxylation sites is 1. The van der Waals surface area contributed by atoms with Crippen LogP contribution in [-0.4, -0.2) is 35.4 Å². The summed E-state index contributed by atoms with van der Waals surface area (Å²) in [7, 11) is 3.09. The van der Waals surface area contributed by atoms with Crippen molar-refractivity contribution in [3.63, 3.8) is 0 Å². The number of methoxy groups -OCH3 is 2. The van der Waals surface area contributed by atoms with Gasteiger partial charge in [0.1, 0.15) is 0 Å². The number of carbonyl (C=O) groups excluding carboxylic acids is 1. The van der Waals surface area contributed by atoms with E-state index in [4.69, 9.17) is 14.5 Å². The number of hydrogen-bond donors (Lipinski definition) is 1. The van der Waals surface area contributed by atoms with Crippen molar-refractivity contribution in [3.8, 4) is 17.2 Å². The minimum absolute atomic E-state index is 0.0734. The van der Waals surface area contributed by atoms with Crippen molar-refractivity contribution >= 4 is 34.3 Å². The molecule has 1 amide bonds. The average molecular weight is 476 g/mol. The zero-order valence-electron chi connectivity index (χ0n) is 19.4. The van der Waals surface area contributed by atoms with Gasteiger partial charge in [-0.25, -0.2) is 4.98 Å². The van der Waals surface area contributed by atoms with Crippen molar-refractivity contribution < 1.29 is 14.3 Å². The number of benzene rings is 3. The maximum Gasteiger partial charge on any atom is 0.266 e. The van der Waals surface area contributed by atoms with Gasteiger partial charge in [-0.15, -0.1) is 0 Å². The zero-order chi connectivity index (χ0) is 24.2. The Labute approximate surface area is 201 Å². The third-order valence-corrected chi connectivity index (χ3v) is 6.28. The van der Waals surface area contributed by atoms with Gasteiger partial charge in [0.15, 0.2) is 16.7 Å². The summed E-state index contributed by atoms with van der Waals surface area (Å²) in [5.74, 6) is 0.941. The molecule has 0 atom stereocenters. The second-order valence-corrected chi connectivity index (χ2v) is 8.69.